The predicted molar refractivity (Wildman–Crippen MR) is 77.6 cm³/mol. The second-order valence-electron chi connectivity index (χ2n) is 4.60. The van der Waals surface area contributed by atoms with Gasteiger partial charge in [-0.15, -0.1) is 0 Å². The van der Waals surface area contributed by atoms with E-state index in [1.54, 1.807) is 25.3 Å². The van der Waals surface area contributed by atoms with Gasteiger partial charge in [-0.25, -0.2) is 9.97 Å². The van der Waals surface area contributed by atoms with Gasteiger partial charge in [0.15, 0.2) is 17.7 Å². The molecule has 0 saturated carbocycles. The van der Waals surface area contributed by atoms with Gasteiger partial charge >= 0.3 is 0 Å². The predicted octanol–water partition coefficient (Wildman–Crippen LogP) is 2.32. The van der Waals surface area contributed by atoms with E-state index in [1.165, 1.54) is 6.39 Å². The van der Waals surface area contributed by atoms with Crippen molar-refractivity contribution in [2.75, 3.05) is 7.11 Å². The molecule has 7 heteroatoms. The molecule has 0 fully saturated rings. The second-order valence-corrected chi connectivity index (χ2v) is 4.60. The fourth-order valence-corrected chi connectivity index (χ4v) is 2.10. The van der Waals surface area contributed by atoms with E-state index in [2.05, 4.69) is 15.3 Å². The van der Waals surface area contributed by atoms with Crippen molar-refractivity contribution in [3.63, 3.8) is 0 Å². The summed E-state index contributed by atoms with van der Waals surface area (Å²) < 4.78 is 15.8. The van der Waals surface area contributed by atoms with Crippen LogP contribution in [0.2, 0.25) is 0 Å². The lowest BCUT2D eigenvalue weighted by atomic mass is 10.3. The number of carbonyl (C=O) groups is 1. The van der Waals surface area contributed by atoms with Crippen LogP contribution < -0.4 is 10.1 Å². The van der Waals surface area contributed by atoms with E-state index in [1.807, 2.05) is 6.92 Å². The number of rotatable bonds is 5. The van der Waals surface area contributed by atoms with E-state index in [4.69, 9.17) is 13.6 Å². The van der Waals surface area contributed by atoms with Crippen LogP contribution in [0.4, 0.5) is 0 Å². The van der Waals surface area contributed by atoms with E-state index in [0.29, 0.717) is 40.6 Å². The lowest BCUT2D eigenvalue weighted by Crippen LogP contribution is -2.24. The summed E-state index contributed by atoms with van der Waals surface area (Å²) in [6.45, 7) is 2.07. The van der Waals surface area contributed by atoms with E-state index < -0.39 is 0 Å². The number of nitrogens with one attached hydrogen (secondary N) is 1. The number of ether oxygens (including phenoxy) is 1. The third-order valence-electron chi connectivity index (χ3n) is 3.22. The van der Waals surface area contributed by atoms with Crippen molar-refractivity contribution in [2.24, 2.45) is 0 Å². The molecule has 0 radical (unpaired) electrons. The number of methoxy groups -OCH3 is 1. The Hall–Kier alpha value is -2.83. The fourth-order valence-electron chi connectivity index (χ4n) is 2.10. The van der Waals surface area contributed by atoms with Crippen LogP contribution in [0.25, 0.3) is 11.1 Å². The fraction of sp³-hybridized carbons (Fsp3) is 0.267. The Labute approximate surface area is 126 Å². The molecule has 1 amide bonds. The summed E-state index contributed by atoms with van der Waals surface area (Å²) >= 11 is 0. The van der Waals surface area contributed by atoms with Gasteiger partial charge in [0.25, 0.3) is 5.91 Å². The molecular weight excluding hydrogens is 286 g/mol. The molecule has 3 rings (SSSR count). The Bertz CT molecular complexity index is 806. The van der Waals surface area contributed by atoms with Gasteiger partial charge in [-0.2, -0.15) is 0 Å². The Morgan fingerprint density at radius 2 is 2.27 bits per heavy atom. The van der Waals surface area contributed by atoms with Gasteiger partial charge in [0.2, 0.25) is 5.89 Å². The molecule has 0 spiro atoms. The van der Waals surface area contributed by atoms with Gasteiger partial charge in [0.1, 0.15) is 17.0 Å². The molecule has 0 unspecified atom stereocenters. The maximum Gasteiger partial charge on any atom is 0.273 e. The first-order valence-electron chi connectivity index (χ1n) is 6.85. The summed E-state index contributed by atoms with van der Waals surface area (Å²) in [7, 11) is 1.59. The lowest BCUT2D eigenvalue weighted by molar-refractivity contribution is 0.0941. The minimum absolute atomic E-state index is 0.172. The number of carbonyl (C=O) groups excluding carboxylic acids is 1. The van der Waals surface area contributed by atoms with Crippen molar-refractivity contribution in [3.05, 3.63) is 41.9 Å². The highest BCUT2D eigenvalue weighted by Crippen LogP contribution is 2.21. The zero-order valence-corrected chi connectivity index (χ0v) is 12.3. The molecule has 2 aromatic heterocycles. The Morgan fingerprint density at radius 1 is 1.41 bits per heavy atom. The van der Waals surface area contributed by atoms with Gasteiger partial charge < -0.3 is 18.9 Å². The number of fused-ring (bicyclic) bond motifs is 1. The first-order valence-corrected chi connectivity index (χ1v) is 6.85. The molecule has 0 aliphatic carbocycles. The van der Waals surface area contributed by atoms with Crippen LogP contribution in [0, 0.1) is 0 Å². The first-order chi connectivity index (χ1) is 10.7. The minimum Gasteiger partial charge on any atom is -0.497 e. The van der Waals surface area contributed by atoms with Crippen LogP contribution in [0.5, 0.6) is 5.75 Å². The Kier molecular flexibility index (Phi) is 3.78. The normalized spacial score (nSPS) is 10.8. The molecule has 0 saturated heterocycles. The number of hydrogen-bond acceptors (Lipinski definition) is 6. The molecule has 0 atom stereocenters. The number of amides is 1. The first kappa shape index (κ1) is 14.1. The van der Waals surface area contributed by atoms with E-state index >= 15 is 0 Å². The Morgan fingerprint density at radius 3 is 3.05 bits per heavy atom. The number of aryl methyl sites for hydroxylation is 1. The zero-order valence-electron chi connectivity index (χ0n) is 12.3. The van der Waals surface area contributed by atoms with Gasteiger partial charge in [-0.05, 0) is 12.1 Å². The summed E-state index contributed by atoms with van der Waals surface area (Å²) in [5.41, 5.74) is 1.61. The molecular formula is C15H15N3O4. The lowest BCUT2D eigenvalue weighted by Gasteiger charge is -2.00. The van der Waals surface area contributed by atoms with E-state index in [-0.39, 0.29) is 12.5 Å². The molecule has 2 heterocycles. The van der Waals surface area contributed by atoms with Crippen molar-refractivity contribution < 1.29 is 18.4 Å². The number of nitrogens with zero attached hydrogens (tertiary/aromatic N) is 2. The van der Waals surface area contributed by atoms with Crippen LogP contribution in [0.1, 0.15) is 29.1 Å². The van der Waals surface area contributed by atoms with Gasteiger partial charge in [0, 0.05) is 12.5 Å². The minimum atomic E-state index is -0.314. The third kappa shape index (κ3) is 2.65. The average Bonchev–Trinajstić information content (AvgIpc) is 3.17. The Balaban J connectivity index is 1.72. The molecule has 7 nitrogen and oxygen atoms in total. The number of hydrogen-bond donors (Lipinski definition) is 1. The highest BCUT2D eigenvalue weighted by atomic mass is 16.5. The van der Waals surface area contributed by atoms with Gasteiger partial charge in [0.05, 0.1) is 13.7 Å². The molecule has 1 N–H and O–H groups in total. The van der Waals surface area contributed by atoms with E-state index in [9.17, 15) is 4.79 Å². The highest BCUT2D eigenvalue weighted by Gasteiger charge is 2.16. The number of benzene rings is 1. The van der Waals surface area contributed by atoms with Crippen molar-refractivity contribution in [3.8, 4) is 5.75 Å². The SMILES string of the molecule is CCc1ocnc1C(=O)NCc1nc2cc(OC)ccc2o1. The van der Waals surface area contributed by atoms with E-state index in [0.717, 1.165) is 0 Å². The summed E-state index contributed by atoms with van der Waals surface area (Å²) in [6, 6.07) is 5.34. The molecule has 0 bridgehead atoms. The molecule has 1 aromatic carbocycles. The van der Waals surface area contributed by atoms with Crippen molar-refractivity contribution >= 4 is 17.0 Å². The van der Waals surface area contributed by atoms with Crippen molar-refractivity contribution in [2.45, 2.75) is 19.9 Å². The van der Waals surface area contributed by atoms with Gasteiger partial charge in [-0.3, -0.25) is 4.79 Å². The largest absolute Gasteiger partial charge is 0.497 e. The maximum atomic E-state index is 12.1. The van der Waals surface area contributed by atoms with Gasteiger partial charge in [-0.1, -0.05) is 6.92 Å². The van der Waals surface area contributed by atoms with Crippen LogP contribution >= 0.6 is 0 Å². The highest BCUT2D eigenvalue weighted by molar-refractivity contribution is 5.93. The summed E-state index contributed by atoms with van der Waals surface area (Å²) in [4.78, 5) is 20.3. The summed E-state index contributed by atoms with van der Waals surface area (Å²) in [5, 5.41) is 2.72. The van der Waals surface area contributed by atoms with Crippen LogP contribution in [0.3, 0.4) is 0 Å². The molecule has 0 aliphatic heterocycles. The van der Waals surface area contributed by atoms with Crippen LogP contribution in [-0.4, -0.2) is 23.0 Å². The zero-order chi connectivity index (χ0) is 15.5. The molecule has 3 aromatic rings. The topological polar surface area (TPSA) is 90.4 Å². The molecule has 114 valence electrons. The number of aromatic nitrogens is 2. The van der Waals surface area contributed by atoms with Crippen molar-refractivity contribution in [1.29, 1.82) is 0 Å². The standard InChI is InChI=1S/C15H15N3O4/c1-3-11-14(17-8-21-11)15(19)16-7-13-18-10-6-9(20-2)4-5-12(10)22-13/h4-6,8H,3,7H2,1-2H3,(H,16,19). The average molecular weight is 301 g/mol. The van der Waals surface area contributed by atoms with Crippen molar-refractivity contribution in [1.82, 2.24) is 15.3 Å². The summed E-state index contributed by atoms with van der Waals surface area (Å²) in [5.74, 6) is 1.36. The molecule has 0 aliphatic rings. The second kappa shape index (κ2) is 5.88. The van der Waals surface area contributed by atoms with Crippen LogP contribution in [-0.2, 0) is 13.0 Å². The monoisotopic (exact) mass is 301 g/mol. The van der Waals surface area contributed by atoms with Crippen LogP contribution in [0.15, 0.2) is 33.4 Å². The maximum absolute atomic E-state index is 12.1. The third-order valence-corrected chi connectivity index (χ3v) is 3.22. The number of oxazole rings is 2. The smallest absolute Gasteiger partial charge is 0.273 e. The quantitative estimate of drug-likeness (QED) is 0.777. The molecule has 22 heavy (non-hydrogen) atoms. The summed E-state index contributed by atoms with van der Waals surface area (Å²) in [6.07, 6.45) is 1.87.